The molecule has 16 heavy (non-hydrogen) atoms. The molecule has 1 saturated heterocycles. The lowest BCUT2D eigenvalue weighted by atomic mass is 10.1. The zero-order valence-corrected chi connectivity index (χ0v) is 9.76. The van der Waals surface area contributed by atoms with Crippen LogP contribution < -0.4 is 0 Å². The van der Waals surface area contributed by atoms with E-state index in [1.807, 2.05) is 12.1 Å². The fourth-order valence-electron chi connectivity index (χ4n) is 1.97. The third-order valence-electron chi connectivity index (χ3n) is 2.68. The highest BCUT2D eigenvalue weighted by Gasteiger charge is 2.44. The van der Waals surface area contributed by atoms with Crippen molar-refractivity contribution in [3.05, 3.63) is 30.1 Å². The van der Waals surface area contributed by atoms with E-state index in [0.29, 0.717) is 13.1 Å². The molecule has 1 fully saturated rings. The van der Waals surface area contributed by atoms with Gasteiger partial charge >= 0.3 is 0 Å². The summed E-state index contributed by atoms with van der Waals surface area (Å²) in [6.07, 6.45) is 3.72. The molecule has 2 atom stereocenters. The standard InChI is InChI=1S/C10H14N2O3S/c1-16(14,15)10-9(13)7-12(10)6-8-2-4-11-5-3-8/h2-5,9-10,13H,6-7H2,1H3. The van der Waals surface area contributed by atoms with E-state index in [1.54, 1.807) is 17.3 Å². The first kappa shape index (κ1) is 11.5. The Morgan fingerprint density at radius 2 is 2.12 bits per heavy atom. The summed E-state index contributed by atoms with van der Waals surface area (Å²) in [5.74, 6) is 0. The maximum atomic E-state index is 11.4. The van der Waals surface area contributed by atoms with E-state index in [0.717, 1.165) is 11.8 Å². The van der Waals surface area contributed by atoms with Crippen molar-refractivity contribution in [3.63, 3.8) is 0 Å². The largest absolute Gasteiger partial charge is 0.389 e. The molecule has 0 aromatic carbocycles. The van der Waals surface area contributed by atoms with Crippen molar-refractivity contribution in [1.82, 2.24) is 9.88 Å². The van der Waals surface area contributed by atoms with Crippen molar-refractivity contribution in [2.24, 2.45) is 0 Å². The van der Waals surface area contributed by atoms with Gasteiger partial charge in [0, 0.05) is 31.7 Å². The van der Waals surface area contributed by atoms with E-state index in [9.17, 15) is 13.5 Å². The second-order valence-electron chi connectivity index (χ2n) is 4.07. The molecule has 88 valence electrons. The first-order valence-corrected chi connectivity index (χ1v) is 6.94. The van der Waals surface area contributed by atoms with Crippen molar-refractivity contribution < 1.29 is 13.5 Å². The van der Waals surface area contributed by atoms with Gasteiger partial charge in [-0.2, -0.15) is 0 Å². The summed E-state index contributed by atoms with van der Waals surface area (Å²) >= 11 is 0. The zero-order valence-electron chi connectivity index (χ0n) is 8.94. The van der Waals surface area contributed by atoms with E-state index in [2.05, 4.69) is 4.98 Å². The molecule has 0 aliphatic carbocycles. The average Bonchev–Trinajstić information content (AvgIpc) is 2.15. The summed E-state index contributed by atoms with van der Waals surface area (Å²) in [4.78, 5) is 5.64. The zero-order chi connectivity index (χ0) is 11.8. The minimum absolute atomic E-state index is 0.403. The minimum atomic E-state index is -3.22. The minimum Gasteiger partial charge on any atom is -0.389 e. The Kier molecular flexibility index (Phi) is 2.96. The van der Waals surface area contributed by atoms with Gasteiger partial charge in [0.1, 0.15) is 5.37 Å². The molecule has 1 N–H and O–H groups in total. The number of pyridine rings is 1. The number of sulfone groups is 1. The highest BCUT2D eigenvalue weighted by Crippen LogP contribution is 2.24. The number of aliphatic hydroxyl groups excluding tert-OH is 1. The van der Waals surface area contributed by atoms with Gasteiger partial charge in [0.2, 0.25) is 0 Å². The van der Waals surface area contributed by atoms with E-state index >= 15 is 0 Å². The van der Waals surface area contributed by atoms with Gasteiger partial charge in [0.15, 0.2) is 9.84 Å². The lowest BCUT2D eigenvalue weighted by Gasteiger charge is -2.43. The number of nitrogens with zero attached hydrogens (tertiary/aromatic N) is 2. The Hall–Kier alpha value is -0.980. The number of likely N-dealkylation sites (tertiary alicyclic amines) is 1. The molecule has 1 aromatic heterocycles. The van der Waals surface area contributed by atoms with Gasteiger partial charge in [0.25, 0.3) is 0 Å². The molecule has 0 amide bonds. The molecule has 2 heterocycles. The molecule has 1 aliphatic rings. The fourth-order valence-corrected chi connectivity index (χ4v) is 3.33. The van der Waals surface area contributed by atoms with Crippen molar-refractivity contribution in [1.29, 1.82) is 0 Å². The second-order valence-corrected chi connectivity index (χ2v) is 6.21. The molecule has 2 rings (SSSR count). The molecule has 1 aliphatic heterocycles. The van der Waals surface area contributed by atoms with Gasteiger partial charge in [-0.05, 0) is 17.7 Å². The quantitative estimate of drug-likeness (QED) is 0.783. The summed E-state index contributed by atoms with van der Waals surface area (Å²) in [5, 5.41) is 8.70. The highest BCUT2D eigenvalue weighted by atomic mass is 32.2. The smallest absolute Gasteiger partial charge is 0.166 e. The van der Waals surface area contributed by atoms with Gasteiger partial charge in [-0.1, -0.05) is 0 Å². The highest BCUT2D eigenvalue weighted by molar-refractivity contribution is 7.91. The number of aromatic nitrogens is 1. The normalized spacial score (nSPS) is 26.4. The van der Waals surface area contributed by atoms with Crippen molar-refractivity contribution in [3.8, 4) is 0 Å². The first-order valence-electron chi connectivity index (χ1n) is 4.98. The molecule has 0 bridgehead atoms. The van der Waals surface area contributed by atoms with E-state index < -0.39 is 21.3 Å². The summed E-state index contributed by atoms with van der Waals surface area (Å²) in [5.41, 5.74) is 0.996. The lowest BCUT2D eigenvalue weighted by molar-refractivity contribution is -0.0264. The lowest BCUT2D eigenvalue weighted by Crippen LogP contribution is -2.62. The Morgan fingerprint density at radius 3 is 2.62 bits per heavy atom. The maximum Gasteiger partial charge on any atom is 0.166 e. The number of aliphatic hydroxyl groups is 1. The number of rotatable bonds is 3. The van der Waals surface area contributed by atoms with Crippen molar-refractivity contribution >= 4 is 9.84 Å². The summed E-state index contributed by atoms with van der Waals surface area (Å²) in [6.45, 7) is 0.928. The molecule has 0 spiro atoms. The van der Waals surface area contributed by atoms with Crippen LogP contribution in [-0.2, 0) is 16.4 Å². The maximum absolute atomic E-state index is 11.4. The van der Waals surface area contributed by atoms with E-state index in [-0.39, 0.29) is 0 Å². The van der Waals surface area contributed by atoms with Gasteiger partial charge in [0.05, 0.1) is 6.10 Å². The third kappa shape index (κ3) is 2.23. The number of β-amino-alcohol motifs (C(OH)–C–C–N with tert-alkyl or cyclic N) is 1. The van der Waals surface area contributed by atoms with Gasteiger partial charge < -0.3 is 5.11 Å². The van der Waals surface area contributed by atoms with Gasteiger partial charge in [-0.15, -0.1) is 0 Å². The Bertz CT molecular complexity index is 460. The van der Waals surface area contributed by atoms with Crippen LogP contribution in [-0.4, -0.2) is 47.7 Å². The molecule has 6 heteroatoms. The Morgan fingerprint density at radius 1 is 1.50 bits per heavy atom. The van der Waals surface area contributed by atoms with Gasteiger partial charge in [-0.25, -0.2) is 8.42 Å². The van der Waals surface area contributed by atoms with Crippen molar-refractivity contribution in [2.45, 2.75) is 18.0 Å². The van der Waals surface area contributed by atoms with Gasteiger partial charge in [-0.3, -0.25) is 9.88 Å². The average molecular weight is 242 g/mol. The Balaban J connectivity index is 2.08. The molecular formula is C10H14N2O3S. The summed E-state index contributed by atoms with van der Waals surface area (Å²) in [6, 6.07) is 3.67. The molecule has 0 radical (unpaired) electrons. The SMILES string of the molecule is CS(=O)(=O)C1C(O)CN1Cc1ccncc1. The fraction of sp³-hybridized carbons (Fsp3) is 0.500. The molecular weight excluding hydrogens is 228 g/mol. The monoisotopic (exact) mass is 242 g/mol. The molecule has 1 aromatic rings. The summed E-state index contributed by atoms with van der Waals surface area (Å²) in [7, 11) is -3.22. The van der Waals surface area contributed by atoms with Crippen molar-refractivity contribution in [2.75, 3.05) is 12.8 Å². The van der Waals surface area contributed by atoms with Crippen LogP contribution >= 0.6 is 0 Å². The van der Waals surface area contributed by atoms with Crippen LogP contribution in [0.15, 0.2) is 24.5 Å². The van der Waals surface area contributed by atoms with Crippen LogP contribution in [0.3, 0.4) is 0 Å². The number of hydrogen-bond acceptors (Lipinski definition) is 5. The van der Waals surface area contributed by atoms with Crippen LogP contribution in [0.1, 0.15) is 5.56 Å². The third-order valence-corrected chi connectivity index (χ3v) is 4.17. The predicted octanol–water partition coefficient (Wildman–Crippen LogP) is -0.371. The molecule has 0 saturated carbocycles. The van der Waals surface area contributed by atoms with Crippen LogP contribution in [0.4, 0.5) is 0 Å². The second kappa shape index (κ2) is 4.12. The van der Waals surface area contributed by atoms with Crippen LogP contribution in [0.2, 0.25) is 0 Å². The molecule has 2 unspecified atom stereocenters. The van der Waals surface area contributed by atoms with Crippen LogP contribution in [0.25, 0.3) is 0 Å². The molecule has 5 nitrogen and oxygen atoms in total. The first-order chi connectivity index (χ1) is 7.48. The van der Waals surface area contributed by atoms with E-state index in [1.165, 1.54) is 0 Å². The predicted molar refractivity (Wildman–Crippen MR) is 59.3 cm³/mol. The van der Waals surface area contributed by atoms with Crippen LogP contribution in [0.5, 0.6) is 0 Å². The topological polar surface area (TPSA) is 70.5 Å². The summed E-state index contributed by atoms with van der Waals surface area (Å²) < 4.78 is 22.8. The number of hydrogen-bond donors (Lipinski definition) is 1. The Labute approximate surface area is 94.6 Å². The van der Waals surface area contributed by atoms with Crippen LogP contribution in [0, 0.1) is 0 Å². The van der Waals surface area contributed by atoms with E-state index in [4.69, 9.17) is 0 Å².